The predicted octanol–water partition coefficient (Wildman–Crippen LogP) is 4.99. The lowest BCUT2D eigenvalue weighted by atomic mass is 9.97. The minimum absolute atomic E-state index is 0.0901. The molecule has 7 heteroatoms. The van der Waals surface area contributed by atoms with E-state index < -0.39 is 6.04 Å². The fourth-order valence-electron chi connectivity index (χ4n) is 5.87. The normalized spacial score (nSPS) is 21.3. The zero-order valence-corrected chi connectivity index (χ0v) is 23.4. The van der Waals surface area contributed by atoms with Crippen LogP contribution in [0.5, 0.6) is 11.5 Å². The van der Waals surface area contributed by atoms with Crippen LogP contribution < -0.4 is 14.8 Å². The average molecular weight is 522 g/mol. The summed E-state index contributed by atoms with van der Waals surface area (Å²) >= 11 is 0. The summed E-state index contributed by atoms with van der Waals surface area (Å²) in [5.74, 6) is 1.22. The van der Waals surface area contributed by atoms with Crippen LogP contribution in [0.4, 0.5) is 0 Å². The molecule has 2 aliphatic heterocycles. The van der Waals surface area contributed by atoms with Crippen LogP contribution in [0.3, 0.4) is 0 Å². The lowest BCUT2D eigenvalue weighted by Crippen LogP contribution is -2.45. The second-order valence-electron chi connectivity index (χ2n) is 10.4. The van der Waals surface area contributed by atoms with Gasteiger partial charge in [-0.25, -0.2) is 0 Å². The zero-order chi connectivity index (χ0) is 27.1. The average Bonchev–Trinajstić information content (AvgIpc) is 3.19. The Labute approximate surface area is 227 Å². The Morgan fingerprint density at radius 3 is 2.42 bits per heavy atom. The van der Waals surface area contributed by atoms with Crippen LogP contribution in [-0.2, 0) is 11.2 Å². The first-order valence-corrected chi connectivity index (χ1v) is 14.3. The summed E-state index contributed by atoms with van der Waals surface area (Å²) in [6.45, 7) is 11.6. The van der Waals surface area contributed by atoms with E-state index in [1.165, 1.54) is 19.3 Å². The van der Waals surface area contributed by atoms with E-state index in [0.29, 0.717) is 61.9 Å². The van der Waals surface area contributed by atoms with Crippen molar-refractivity contribution in [2.24, 2.45) is 0 Å². The number of likely N-dealkylation sites (tertiary alicyclic amines) is 1. The van der Waals surface area contributed by atoms with Crippen molar-refractivity contribution in [2.75, 3.05) is 32.8 Å². The van der Waals surface area contributed by atoms with Crippen LogP contribution >= 0.6 is 0 Å². The molecule has 206 valence electrons. The van der Waals surface area contributed by atoms with E-state index in [-0.39, 0.29) is 11.8 Å². The summed E-state index contributed by atoms with van der Waals surface area (Å²) in [5.41, 5.74) is 2.44. The molecule has 1 saturated heterocycles. The van der Waals surface area contributed by atoms with Gasteiger partial charge in [-0.1, -0.05) is 30.7 Å². The summed E-state index contributed by atoms with van der Waals surface area (Å²) in [4.78, 5) is 31.1. The van der Waals surface area contributed by atoms with Crippen molar-refractivity contribution in [2.45, 2.75) is 77.9 Å². The molecule has 1 N–H and O–H groups in total. The standard InChI is InChI=1S/C31H43N3O4/c1-5-37-27-16-15-24(21-28(27)38-6-2)17-20-34-29(25-13-7-8-14-26(25)31(34)36)30(35)32-18-10-19-33-22(3)11-9-12-23(33)4/h7-8,13-16,21-23,29H,5-6,9-12,17-20H2,1-4H3,(H,32,35)/t22-,23+,29-/m0/s1. The van der Waals surface area contributed by atoms with Gasteiger partial charge in [0.1, 0.15) is 6.04 Å². The summed E-state index contributed by atoms with van der Waals surface area (Å²) in [6.07, 6.45) is 5.29. The van der Waals surface area contributed by atoms with Gasteiger partial charge in [0.2, 0.25) is 5.91 Å². The molecular weight excluding hydrogens is 478 g/mol. The highest BCUT2D eigenvalue weighted by Crippen LogP contribution is 2.35. The van der Waals surface area contributed by atoms with Crippen LogP contribution in [0.15, 0.2) is 42.5 Å². The van der Waals surface area contributed by atoms with Crippen LogP contribution in [0.2, 0.25) is 0 Å². The molecule has 3 atom stereocenters. The Morgan fingerprint density at radius 2 is 1.68 bits per heavy atom. The van der Waals surface area contributed by atoms with E-state index >= 15 is 0 Å². The summed E-state index contributed by atoms with van der Waals surface area (Å²) in [5, 5.41) is 3.13. The molecule has 38 heavy (non-hydrogen) atoms. The maximum atomic E-state index is 13.5. The number of ether oxygens (including phenoxy) is 2. The van der Waals surface area contributed by atoms with Gasteiger partial charge < -0.3 is 19.7 Å². The van der Waals surface area contributed by atoms with Crippen molar-refractivity contribution in [3.05, 3.63) is 59.2 Å². The van der Waals surface area contributed by atoms with Gasteiger partial charge >= 0.3 is 0 Å². The molecule has 0 radical (unpaired) electrons. The molecule has 7 nitrogen and oxygen atoms in total. The SMILES string of the molecule is CCOc1ccc(CCN2C(=O)c3ccccc3[C@H]2C(=O)NCCCN2[C@H](C)CCC[C@@H]2C)cc1OCC. The molecule has 0 bridgehead atoms. The fraction of sp³-hybridized carbons (Fsp3) is 0.548. The largest absolute Gasteiger partial charge is 0.490 e. The summed E-state index contributed by atoms with van der Waals surface area (Å²) in [7, 11) is 0. The van der Waals surface area contributed by atoms with Crippen LogP contribution in [0, 0.1) is 0 Å². The predicted molar refractivity (Wildman–Crippen MR) is 150 cm³/mol. The van der Waals surface area contributed by atoms with Crippen LogP contribution in [0.25, 0.3) is 0 Å². The number of carbonyl (C=O) groups excluding carboxylic acids is 2. The highest BCUT2D eigenvalue weighted by atomic mass is 16.5. The van der Waals surface area contributed by atoms with Gasteiger partial charge in [0.25, 0.3) is 5.91 Å². The lowest BCUT2D eigenvalue weighted by molar-refractivity contribution is -0.125. The van der Waals surface area contributed by atoms with Gasteiger partial charge in [0, 0.05) is 37.3 Å². The van der Waals surface area contributed by atoms with Gasteiger partial charge in [-0.05, 0) is 82.7 Å². The van der Waals surface area contributed by atoms with E-state index in [0.717, 1.165) is 24.1 Å². The van der Waals surface area contributed by atoms with Gasteiger partial charge in [0.15, 0.2) is 11.5 Å². The van der Waals surface area contributed by atoms with Crippen molar-refractivity contribution < 1.29 is 19.1 Å². The second kappa shape index (κ2) is 13.1. The summed E-state index contributed by atoms with van der Waals surface area (Å²) < 4.78 is 11.5. The van der Waals surface area contributed by atoms with Gasteiger partial charge in [-0.2, -0.15) is 0 Å². The Morgan fingerprint density at radius 1 is 0.974 bits per heavy atom. The molecule has 4 rings (SSSR count). The Kier molecular flexibility index (Phi) is 9.67. The first-order valence-electron chi connectivity index (χ1n) is 14.3. The van der Waals surface area contributed by atoms with E-state index in [9.17, 15) is 9.59 Å². The number of piperidine rings is 1. The minimum atomic E-state index is -0.611. The first kappa shape index (κ1) is 28.0. The Hall–Kier alpha value is -3.06. The molecule has 0 saturated carbocycles. The number of hydrogen-bond donors (Lipinski definition) is 1. The first-order chi connectivity index (χ1) is 18.4. The van der Waals surface area contributed by atoms with Crippen LogP contribution in [-0.4, -0.2) is 66.5 Å². The van der Waals surface area contributed by atoms with Crippen molar-refractivity contribution >= 4 is 11.8 Å². The number of hydrogen-bond acceptors (Lipinski definition) is 5. The number of benzene rings is 2. The number of nitrogens with one attached hydrogen (secondary N) is 1. The number of fused-ring (bicyclic) bond motifs is 1. The molecule has 2 aromatic rings. The van der Waals surface area contributed by atoms with E-state index in [4.69, 9.17) is 9.47 Å². The smallest absolute Gasteiger partial charge is 0.255 e. The molecule has 2 amide bonds. The van der Waals surface area contributed by atoms with E-state index in [1.807, 2.05) is 56.3 Å². The minimum Gasteiger partial charge on any atom is -0.490 e. The molecule has 2 aliphatic rings. The third-order valence-electron chi connectivity index (χ3n) is 7.82. The van der Waals surface area contributed by atoms with Gasteiger partial charge in [0.05, 0.1) is 13.2 Å². The molecule has 2 heterocycles. The van der Waals surface area contributed by atoms with Gasteiger partial charge in [-0.15, -0.1) is 0 Å². The quantitative estimate of drug-likeness (QED) is 0.399. The highest BCUT2D eigenvalue weighted by Gasteiger charge is 2.40. The van der Waals surface area contributed by atoms with Crippen molar-refractivity contribution in [3.8, 4) is 11.5 Å². The Bertz CT molecular complexity index is 1090. The molecule has 0 aromatic heterocycles. The lowest BCUT2D eigenvalue weighted by Gasteiger charge is -2.39. The molecule has 0 aliphatic carbocycles. The number of nitrogens with zero attached hydrogens (tertiary/aromatic N) is 2. The molecule has 2 aromatic carbocycles. The van der Waals surface area contributed by atoms with Crippen LogP contribution in [0.1, 0.15) is 80.9 Å². The molecule has 0 spiro atoms. The third kappa shape index (κ3) is 6.32. The molecular formula is C31H43N3O4. The van der Waals surface area contributed by atoms with Crippen molar-refractivity contribution in [1.29, 1.82) is 0 Å². The van der Waals surface area contributed by atoms with E-state index in [2.05, 4.69) is 24.1 Å². The monoisotopic (exact) mass is 521 g/mol. The third-order valence-corrected chi connectivity index (χ3v) is 7.82. The summed E-state index contributed by atoms with van der Waals surface area (Å²) in [6, 6.07) is 13.9. The number of rotatable bonds is 12. The number of amides is 2. The maximum absolute atomic E-state index is 13.5. The van der Waals surface area contributed by atoms with Crippen molar-refractivity contribution in [3.63, 3.8) is 0 Å². The maximum Gasteiger partial charge on any atom is 0.255 e. The Balaban J connectivity index is 1.41. The van der Waals surface area contributed by atoms with Gasteiger partial charge in [-0.3, -0.25) is 14.5 Å². The van der Waals surface area contributed by atoms with Crippen molar-refractivity contribution in [1.82, 2.24) is 15.1 Å². The highest BCUT2D eigenvalue weighted by molar-refractivity contribution is 6.04. The zero-order valence-electron chi connectivity index (χ0n) is 23.4. The molecule has 0 unspecified atom stereocenters. The fourth-order valence-corrected chi connectivity index (χ4v) is 5.87. The molecule has 1 fully saturated rings. The topological polar surface area (TPSA) is 71.1 Å². The van der Waals surface area contributed by atoms with E-state index in [1.54, 1.807) is 4.90 Å². The number of carbonyl (C=O) groups is 2. The second-order valence-corrected chi connectivity index (χ2v) is 10.4.